The number of thioether (sulfide) groups is 1. The SMILES string of the molecule is CC(Sc1nnc2ccccn12)c1nnc(-c2ccccc2)o1. The first-order chi connectivity index (χ1) is 11.3. The summed E-state index contributed by atoms with van der Waals surface area (Å²) in [5, 5.41) is 17.4. The summed E-state index contributed by atoms with van der Waals surface area (Å²) in [5.74, 6) is 1.10. The van der Waals surface area contributed by atoms with Gasteiger partial charge in [-0.1, -0.05) is 36.0 Å². The molecule has 0 radical (unpaired) electrons. The molecule has 0 aliphatic carbocycles. The number of hydrogen-bond donors (Lipinski definition) is 0. The zero-order valence-corrected chi connectivity index (χ0v) is 13.1. The van der Waals surface area contributed by atoms with Crippen molar-refractivity contribution in [2.24, 2.45) is 0 Å². The molecule has 3 aromatic heterocycles. The highest BCUT2D eigenvalue weighted by Gasteiger charge is 2.18. The monoisotopic (exact) mass is 323 g/mol. The van der Waals surface area contributed by atoms with Crippen LogP contribution in [0.4, 0.5) is 0 Å². The van der Waals surface area contributed by atoms with Crippen molar-refractivity contribution in [3.63, 3.8) is 0 Å². The van der Waals surface area contributed by atoms with Gasteiger partial charge in [-0.2, -0.15) is 0 Å². The van der Waals surface area contributed by atoms with Crippen LogP contribution in [-0.2, 0) is 0 Å². The van der Waals surface area contributed by atoms with Gasteiger partial charge in [0.2, 0.25) is 11.8 Å². The van der Waals surface area contributed by atoms with Gasteiger partial charge >= 0.3 is 0 Å². The lowest BCUT2D eigenvalue weighted by Crippen LogP contribution is -1.92. The van der Waals surface area contributed by atoms with Gasteiger partial charge < -0.3 is 4.42 Å². The molecule has 3 heterocycles. The fourth-order valence-corrected chi connectivity index (χ4v) is 3.07. The number of rotatable bonds is 4. The van der Waals surface area contributed by atoms with Gasteiger partial charge in [-0.05, 0) is 31.2 Å². The van der Waals surface area contributed by atoms with E-state index >= 15 is 0 Å². The molecule has 4 rings (SSSR count). The summed E-state index contributed by atoms with van der Waals surface area (Å²) in [6.07, 6.45) is 1.94. The van der Waals surface area contributed by atoms with Crippen LogP contribution in [0.25, 0.3) is 17.1 Å². The topological polar surface area (TPSA) is 69.1 Å². The van der Waals surface area contributed by atoms with Crippen LogP contribution in [0, 0.1) is 0 Å². The molecule has 0 amide bonds. The largest absolute Gasteiger partial charge is 0.419 e. The fourth-order valence-electron chi connectivity index (χ4n) is 2.20. The average Bonchev–Trinajstić information content (AvgIpc) is 3.24. The summed E-state index contributed by atoms with van der Waals surface area (Å²) in [6, 6.07) is 15.5. The van der Waals surface area contributed by atoms with Gasteiger partial charge in [0.15, 0.2) is 10.8 Å². The maximum atomic E-state index is 5.79. The molecular weight excluding hydrogens is 310 g/mol. The van der Waals surface area contributed by atoms with E-state index in [1.54, 1.807) is 0 Å². The van der Waals surface area contributed by atoms with Crippen molar-refractivity contribution in [2.45, 2.75) is 17.3 Å². The molecule has 0 spiro atoms. The van der Waals surface area contributed by atoms with E-state index in [-0.39, 0.29) is 5.25 Å². The lowest BCUT2D eigenvalue weighted by Gasteiger charge is -2.04. The van der Waals surface area contributed by atoms with E-state index in [9.17, 15) is 0 Å². The smallest absolute Gasteiger partial charge is 0.247 e. The maximum Gasteiger partial charge on any atom is 0.247 e. The van der Waals surface area contributed by atoms with Crippen LogP contribution in [0.3, 0.4) is 0 Å². The minimum atomic E-state index is -0.0208. The number of nitrogens with zero attached hydrogens (tertiary/aromatic N) is 5. The van der Waals surface area contributed by atoms with Gasteiger partial charge in [0.25, 0.3) is 0 Å². The van der Waals surface area contributed by atoms with Crippen molar-refractivity contribution in [1.29, 1.82) is 0 Å². The van der Waals surface area contributed by atoms with E-state index < -0.39 is 0 Å². The molecule has 0 fully saturated rings. The van der Waals surface area contributed by atoms with Gasteiger partial charge in [0.1, 0.15) is 0 Å². The molecule has 0 N–H and O–H groups in total. The number of hydrogen-bond acceptors (Lipinski definition) is 6. The average molecular weight is 323 g/mol. The molecule has 23 heavy (non-hydrogen) atoms. The van der Waals surface area contributed by atoms with Crippen molar-refractivity contribution in [1.82, 2.24) is 24.8 Å². The Kier molecular flexibility index (Phi) is 3.55. The molecule has 7 heteroatoms. The molecule has 1 unspecified atom stereocenters. The third kappa shape index (κ3) is 2.70. The Hall–Kier alpha value is -2.67. The van der Waals surface area contributed by atoms with Crippen LogP contribution in [0.5, 0.6) is 0 Å². The van der Waals surface area contributed by atoms with Gasteiger partial charge in [0, 0.05) is 11.8 Å². The minimum absolute atomic E-state index is 0.0208. The summed E-state index contributed by atoms with van der Waals surface area (Å²) in [4.78, 5) is 0. The summed E-state index contributed by atoms with van der Waals surface area (Å²) in [5.41, 5.74) is 1.73. The minimum Gasteiger partial charge on any atom is -0.419 e. The Morgan fingerprint density at radius 2 is 1.78 bits per heavy atom. The Morgan fingerprint density at radius 3 is 2.65 bits per heavy atom. The number of pyridine rings is 1. The second-order valence-electron chi connectivity index (χ2n) is 4.98. The molecule has 0 aliphatic rings. The molecule has 1 aromatic carbocycles. The van der Waals surface area contributed by atoms with E-state index in [1.165, 1.54) is 11.8 Å². The number of fused-ring (bicyclic) bond motifs is 1. The molecule has 0 saturated carbocycles. The van der Waals surface area contributed by atoms with E-state index in [0.29, 0.717) is 11.8 Å². The van der Waals surface area contributed by atoms with E-state index in [0.717, 1.165) is 16.4 Å². The second kappa shape index (κ2) is 5.85. The van der Waals surface area contributed by atoms with E-state index in [4.69, 9.17) is 4.42 Å². The summed E-state index contributed by atoms with van der Waals surface area (Å²) < 4.78 is 7.73. The van der Waals surface area contributed by atoms with Gasteiger partial charge in [-0.15, -0.1) is 20.4 Å². The summed E-state index contributed by atoms with van der Waals surface area (Å²) in [7, 11) is 0. The van der Waals surface area contributed by atoms with Crippen molar-refractivity contribution in [2.75, 3.05) is 0 Å². The molecule has 6 nitrogen and oxygen atoms in total. The first-order valence-corrected chi connectivity index (χ1v) is 8.04. The number of aromatic nitrogens is 5. The quantitative estimate of drug-likeness (QED) is 0.534. The van der Waals surface area contributed by atoms with E-state index in [2.05, 4.69) is 20.4 Å². The van der Waals surface area contributed by atoms with Crippen molar-refractivity contribution in [3.8, 4) is 11.5 Å². The van der Waals surface area contributed by atoms with Crippen LogP contribution < -0.4 is 0 Å². The Balaban J connectivity index is 1.58. The highest BCUT2D eigenvalue weighted by atomic mass is 32.2. The Labute approximate surface area is 136 Å². The van der Waals surface area contributed by atoms with Gasteiger partial charge in [-0.25, -0.2) is 0 Å². The second-order valence-corrected chi connectivity index (χ2v) is 6.29. The molecule has 0 saturated heterocycles. The molecule has 0 bridgehead atoms. The fraction of sp³-hybridized carbons (Fsp3) is 0.125. The first kappa shape index (κ1) is 14.0. The molecule has 0 aliphatic heterocycles. The van der Waals surface area contributed by atoms with E-state index in [1.807, 2.05) is 66.1 Å². The van der Waals surface area contributed by atoms with Crippen LogP contribution in [-0.4, -0.2) is 24.8 Å². The standard InChI is InChI=1S/C16H13N5OS/c1-11(23-16-20-17-13-9-5-6-10-21(13)16)14-18-19-15(22-14)12-7-3-2-4-8-12/h2-11H,1H3. The van der Waals surface area contributed by atoms with Crippen LogP contribution in [0.15, 0.2) is 64.3 Å². The van der Waals surface area contributed by atoms with Crippen molar-refractivity contribution < 1.29 is 4.42 Å². The normalized spacial score (nSPS) is 12.6. The third-order valence-corrected chi connectivity index (χ3v) is 4.42. The predicted octanol–water partition coefficient (Wildman–Crippen LogP) is 3.63. The highest BCUT2D eigenvalue weighted by molar-refractivity contribution is 7.99. The molecule has 114 valence electrons. The van der Waals surface area contributed by atoms with Gasteiger partial charge in [-0.3, -0.25) is 4.40 Å². The molecular formula is C16H13N5OS. The van der Waals surface area contributed by atoms with Crippen molar-refractivity contribution >= 4 is 17.4 Å². The zero-order valence-electron chi connectivity index (χ0n) is 12.3. The molecule has 4 aromatic rings. The van der Waals surface area contributed by atoms with Crippen LogP contribution in [0.1, 0.15) is 18.1 Å². The summed E-state index contributed by atoms with van der Waals surface area (Å²) >= 11 is 1.53. The predicted molar refractivity (Wildman–Crippen MR) is 87.0 cm³/mol. The first-order valence-electron chi connectivity index (χ1n) is 7.16. The lowest BCUT2D eigenvalue weighted by molar-refractivity contribution is 0.509. The van der Waals surface area contributed by atoms with Crippen molar-refractivity contribution in [3.05, 3.63) is 60.6 Å². The zero-order chi connectivity index (χ0) is 15.6. The number of benzene rings is 1. The summed E-state index contributed by atoms with van der Waals surface area (Å²) in [6.45, 7) is 2.01. The maximum absolute atomic E-state index is 5.79. The van der Waals surface area contributed by atoms with Crippen LogP contribution >= 0.6 is 11.8 Å². The van der Waals surface area contributed by atoms with Crippen LogP contribution in [0.2, 0.25) is 0 Å². The lowest BCUT2D eigenvalue weighted by atomic mass is 10.2. The Bertz CT molecular complexity index is 934. The molecule has 1 atom stereocenters. The third-order valence-electron chi connectivity index (χ3n) is 3.37. The Morgan fingerprint density at radius 1 is 0.957 bits per heavy atom. The van der Waals surface area contributed by atoms with Gasteiger partial charge in [0.05, 0.1) is 5.25 Å². The highest BCUT2D eigenvalue weighted by Crippen LogP contribution is 2.34.